The van der Waals surface area contributed by atoms with Gasteiger partial charge in [0.05, 0.1) is 34.6 Å². The van der Waals surface area contributed by atoms with Gasteiger partial charge in [0, 0.05) is 85.7 Å². The van der Waals surface area contributed by atoms with Crippen LogP contribution in [0.4, 0.5) is 11.6 Å². The minimum Gasteiger partial charge on any atom is -0.395 e. The average molecular weight is 634 g/mol. The Labute approximate surface area is 268 Å². The van der Waals surface area contributed by atoms with E-state index in [1.165, 1.54) is 0 Å². The number of hydrogen-bond acceptors (Lipinski definition) is 8. The third-order valence-electron chi connectivity index (χ3n) is 8.64. The zero-order chi connectivity index (χ0) is 30.8. The van der Waals surface area contributed by atoms with E-state index in [4.69, 9.17) is 33.2 Å². The molecule has 2 aromatic heterocycles. The number of aromatic nitrogens is 2. The Morgan fingerprint density at radius 3 is 1.48 bits per heavy atom. The molecule has 4 N–H and O–H groups in total. The van der Waals surface area contributed by atoms with Gasteiger partial charge in [-0.3, -0.25) is 0 Å². The van der Waals surface area contributed by atoms with Crippen LogP contribution in [0.25, 0.3) is 33.6 Å². The molecule has 2 aromatic carbocycles. The molecule has 2 aliphatic rings. The number of anilines is 2. The van der Waals surface area contributed by atoms with Crippen LogP contribution in [0.3, 0.4) is 0 Å². The summed E-state index contributed by atoms with van der Waals surface area (Å²) in [5, 5.41) is 26.6. The number of aliphatic hydroxyl groups is 2. The summed E-state index contributed by atoms with van der Waals surface area (Å²) in [5.74, 6) is 1.84. The van der Waals surface area contributed by atoms with E-state index < -0.39 is 0 Å². The molecule has 2 atom stereocenters. The molecule has 8 nitrogen and oxygen atoms in total. The van der Waals surface area contributed by atoms with E-state index in [-0.39, 0.29) is 25.3 Å². The van der Waals surface area contributed by atoms with Gasteiger partial charge in [0.1, 0.15) is 11.6 Å². The van der Waals surface area contributed by atoms with E-state index in [9.17, 15) is 10.2 Å². The Morgan fingerprint density at radius 2 is 1.07 bits per heavy atom. The van der Waals surface area contributed by atoms with Gasteiger partial charge in [-0.25, -0.2) is 9.97 Å². The van der Waals surface area contributed by atoms with Gasteiger partial charge >= 0.3 is 0 Å². The first-order chi connectivity index (χ1) is 21.4. The fraction of sp³-hybridized carbons (Fsp3) is 0.353. The van der Waals surface area contributed by atoms with Crippen molar-refractivity contribution in [3.8, 4) is 33.6 Å². The van der Waals surface area contributed by atoms with Crippen molar-refractivity contribution in [1.82, 2.24) is 20.6 Å². The lowest BCUT2D eigenvalue weighted by Gasteiger charge is -2.33. The quantitative estimate of drug-likeness (QED) is 0.186. The van der Waals surface area contributed by atoms with Crippen molar-refractivity contribution in [3.05, 3.63) is 81.8 Å². The molecule has 0 fully saturated rings. The van der Waals surface area contributed by atoms with Crippen molar-refractivity contribution >= 4 is 34.8 Å². The summed E-state index contributed by atoms with van der Waals surface area (Å²) in [7, 11) is 4.11. The van der Waals surface area contributed by atoms with E-state index in [0.29, 0.717) is 23.1 Å². The van der Waals surface area contributed by atoms with Crippen molar-refractivity contribution in [2.75, 3.05) is 63.3 Å². The fourth-order valence-corrected chi connectivity index (χ4v) is 6.97. The number of rotatable bonds is 9. The first kappa shape index (κ1) is 30.8. The number of nitrogens with one attached hydrogen (secondary N) is 2. The van der Waals surface area contributed by atoms with E-state index in [1.807, 2.05) is 48.5 Å². The van der Waals surface area contributed by atoms with Gasteiger partial charge in [-0.05, 0) is 25.0 Å². The van der Waals surface area contributed by atoms with Crippen LogP contribution in [0.2, 0.25) is 10.0 Å². The number of nitrogens with zero attached hydrogens (tertiary/aromatic N) is 4. The first-order valence-electron chi connectivity index (χ1n) is 15.1. The number of hydrogen-bond donors (Lipinski definition) is 4. The summed E-state index contributed by atoms with van der Waals surface area (Å²) >= 11 is 14.3. The third-order valence-corrected chi connectivity index (χ3v) is 9.45. The second kappa shape index (κ2) is 13.4. The molecule has 0 amide bonds. The topological polar surface area (TPSA) is 96.8 Å². The minimum absolute atomic E-state index is 0.0995. The molecular weight excluding hydrogens is 595 g/mol. The maximum atomic E-state index is 9.31. The SMILES string of the molecule is CN1CC[C@H](NCCO)c2ccc(-c3cccc(-c4cccc(-c5ccc6c(n5)N(C)CC[C@H]6NCCO)c4Cl)c3Cl)nc21. The van der Waals surface area contributed by atoms with Crippen molar-refractivity contribution in [1.29, 1.82) is 0 Å². The molecule has 0 spiro atoms. The van der Waals surface area contributed by atoms with Gasteiger partial charge in [-0.2, -0.15) is 0 Å². The van der Waals surface area contributed by atoms with Crippen molar-refractivity contribution < 1.29 is 10.2 Å². The normalized spacial score (nSPS) is 17.9. The summed E-state index contributed by atoms with van der Waals surface area (Å²) in [5.41, 5.74) is 7.16. The van der Waals surface area contributed by atoms with Crippen LogP contribution in [0.5, 0.6) is 0 Å². The molecular formula is C34H38Cl2N6O2. The molecule has 0 saturated carbocycles. The first-order valence-corrected chi connectivity index (χ1v) is 15.9. The highest BCUT2D eigenvalue weighted by molar-refractivity contribution is 6.39. The van der Waals surface area contributed by atoms with Gasteiger partial charge in [0.15, 0.2) is 0 Å². The largest absolute Gasteiger partial charge is 0.395 e. The standard InChI is InChI=1S/C34H38Cl2N6O2/c1-41-17-13-27(37-15-19-43)25-9-11-29(39-33(25)41)23-7-3-5-21(31(23)35)22-6-4-8-24(32(22)36)30-12-10-26-28(38-16-20-44)14-18-42(2)34(26)40-30/h3-12,27-28,37-38,43-44H,13-20H2,1-2H3/t27-,28+. The molecule has 0 saturated heterocycles. The molecule has 10 heteroatoms. The lowest BCUT2D eigenvalue weighted by atomic mass is 9.95. The highest BCUT2D eigenvalue weighted by Crippen LogP contribution is 2.43. The predicted octanol–water partition coefficient (Wildman–Crippen LogP) is 5.71. The van der Waals surface area contributed by atoms with E-state index in [1.54, 1.807) is 0 Å². The predicted molar refractivity (Wildman–Crippen MR) is 180 cm³/mol. The van der Waals surface area contributed by atoms with Crippen LogP contribution in [-0.2, 0) is 0 Å². The van der Waals surface area contributed by atoms with Gasteiger partial charge in [-0.15, -0.1) is 0 Å². The molecule has 2 aliphatic heterocycles. The van der Waals surface area contributed by atoms with E-state index in [2.05, 4.69) is 46.7 Å². The maximum absolute atomic E-state index is 9.31. The highest BCUT2D eigenvalue weighted by atomic mass is 35.5. The van der Waals surface area contributed by atoms with Crippen LogP contribution in [-0.4, -0.2) is 73.7 Å². The summed E-state index contributed by atoms with van der Waals surface area (Å²) in [6.07, 6.45) is 1.90. The number of fused-ring (bicyclic) bond motifs is 2. The molecule has 0 bridgehead atoms. The molecule has 0 aliphatic carbocycles. The zero-order valence-electron chi connectivity index (χ0n) is 25.0. The summed E-state index contributed by atoms with van der Waals surface area (Å²) < 4.78 is 0. The maximum Gasteiger partial charge on any atom is 0.133 e. The lowest BCUT2D eigenvalue weighted by Crippen LogP contribution is -2.35. The molecule has 4 aromatic rings. The van der Waals surface area contributed by atoms with Gasteiger partial charge in [0.25, 0.3) is 0 Å². The van der Waals surface area contributed by atoms with Gasteiger partial charge in [0.2, 0.25) is 0 Å². The lowest BCUT2D eigenvalue weighted by molar-refractivity contribution is 0.281. The number of aliphatic hydroxyl groups excluding tert-OH is 2. The van der Waals surface area contributed by atoms with Crippen molar-refractivity contribution in [3.63, 3.8) is 0 Å². The Bertz CT molecular complexity index is 1530. The highest BCUT2D eigenvalue weighted by Gasteiger charge is 2.27. The molecule has 0 radical (unpaired) electrons. The molecule has 6 rings (SSSR count). The monoisotopic (exact) mass is 632 g/mol. The van der Waals surface area contributed by atoms with Crippen LogP contribution < -0.4 is 20.4 Å². The molecule has 44 heavy (non-hydrogen) atoms. The number of halogens is 2. The Balaban J connectivity index is 1.35. The summed E-state index contributed by atoms with van der Waals surface area (Å²) in [6.45, 7) is 3.03. The smallest absolute Gasteiger partial charge is 0.133 e. The Hall–Kier alpha value is -3.24. The van der Waals surface area contributed by atoms with Crippen molar-refractivity contribution in [2.24, 2.45) is 0 Å². The summed E-state index contributed by atoms with van der Waals surface area (Å²) in [6, 6.07) is 20.5. The van der Waals surface area contributed by atoms with E-state index in [0.717, 1.165) is 82.3 Å². The number of benzene rings is 2. The van der Waals surface area contributed by atoms with Crippen LogP contribution >= 0.6 is 23.2 Å². The van der Waals surface area contributed by atoms with Crippen molar-refractivity contribution in [2.45, 2.75) is 24.9 Å². The minimum atomic E-state index is 0.0995. The third kappa shape index (κ3) is 5.90. The zero-order valence-corrected chi connectivity index (χ0v) is 26.5. The molecule has 4 heterocycles. The Kier molecular flexibility index (Phi) is 9.37. The summed E-state index contributed by atoms with van der Waals surface area (Å²) in [4.78, 5) is 14.4. The molecule has 230 valence electrons. The Morgan fingerprint density at radius 1 is 0.659 bits per heavy atom. The van der Waals surface area contributed by atoms with Gasteiger partial charge in [-0.1, -0.05) is 71.7 Å². The van der Waals surface area contributed by atoms with Crippen LogP contribution in [0.1, 0.15) is 36.1 Å². The molecule has 0 unspecified atom stereocenters. The average Bonchev–Trinajstić information content (AvgIpc) is 3.04. The fourth-order valence-electron chi connectivity index (χ4n) is 6.32. The van der Waals surface area contributed by atoms with Gasteiger partial charge < -0.3 is 30.6 Å². The van der Waals surface area contributed by atoms with E-state index >= 15 is 0 Å². The van der Waals surface area contributed by atoms with Crippen LogP contribution in [0.15, 0.2) is 60.7 Å². The van der Waals surface area contributed by atoms with Crippen LogP contribution in [0, 0.1) is 0 Å². The second-order valence-electron chi connectivity index (χ2n) is 11.4. The number of pyridine rings is 2. The second-order valence-corrected chi connectivity index (χ2v) is 12.2.